The number of rotatable bonds is 5. The lowest BCUT2D eigenvalue weighted by Gasteiger charge is -2.22. The lowest BCUT2D eigenvalue weighted by molar-refractivity contribution is -0.126. The van der Waals surface area contributed by atoms with Crippen LogP contribution in [0.5, 0.6) is 0 Å². The van der Waals surface area contributed by atoms with Crippen molar-refractivity contribution in [2.45, 2.75) is 63.5 Å². The molecule has 2 aliphatic rings. The molecule has 2 fully saturated rings. The number of carbonyl (C=O) groups is 2. The molecular formula is C14H26ClN3O2. The fraction of sp³-hybridized carbons (Fsp3) is 0.857. The lowest BCUT2D eigenvalue weighted by Crippen LogP contribution is -2.43. The van der Waals surface area contributed by atoms with E-state index in [0.717, 1.165) is 32.2 Å². The van der Waals surface area contributed by atoms with Crippen LogP contribution in [0.4, 0.5) is 0 Å². The van der Waals surface area contributed by atoms with Crippen LogP contribution in [0.25, 0.3) is 0 Å². The van der Waals surface area contributed by atoms with Crippen molar-refractivity contribution in [2.75, 3.05) is 13.1 Å². The van der Waals surface area contributed by atoms with Gasteiger partial charge in [0, 0.05) is 18.5 Å². The van der Waals surface area contributed by atoms with E-state index < -0.39 is 0 Å². The second kappa shape index (κ2) is 9.19. The van der Waals surface area contributed by atoms with Gasteiger partial charge in [-0.15, -0.1) is 12.4 Å². The molecular weight excluding hydrogens is 278 g/mol. The summed E-state index contributed by atoms with van der Waals surface area (Å²) in [4.78, 5) is 23.4. The highest BCUT2D eigenvalue weighted by Gasteiger charge is 2.19. The fourth-order valence-corrected chi connectivity index (χ4v) is 2.93. The third-order valence-electron chi connectivity index (χ3n) is 4.01. The first-order chi connectivity index (χ1) is 9.24. The Bertz CT molecular complexity index is 314. The van der Waals surface area contributed by atoms with E-state index in [0.29, 0.717) is 18.5 Å². The molecule has 1 saturated heterocycles. The highest BCUT2D eigenvalue weighted by atomic mass is 35.5. The molecule has 6 heteroatoms. The minimum Gasteiger partial charge on any atom is -0.352 e. The van der Waals surface area contributed by atoms with Crippen LogP contribution >= 0.6 is 12.4 Å². The number of hydrogen-bond donors (Lipinski definition) is 3. The molecule has 1 atom stereocenters. The summed E-state index contributed by atoms with van der Waals surface area (Å²) in [5.41, 5.74) is 0. The molecule has 20 heavy (non-hydrogen) atoms. The van der Waals surface area contributed by atoms with Gasteiger partial charge in [0.25, 0.3) is 0 Å². The fourth-order valence-electron chi connectivity index (χ4n) is 2.93. The molecule has 2 rings (SSSR count). The first-order valence-corrected chi connectivity index (χ1v) is 7.53. The zero-order chi connectivity index (χ0) is 13.5. The first-order valence-electron chi connectivity index (χ1n) is 7.53. The Labute approximate surface area is 127 Å². The van der Waals surface area contributed by atoms with Crippen LogP contribution < -0.4 is 16.0 Å². The summed E-state index contributed by atoms with van der Waals surface area (Å²) in [7, 11) is 0. The molecule has 0 bridgehead atoms. The molecule has 1 saturated carbocycles. The Morgan fingerprint density at radius 1 is 1.00 bits per heavy atom. The van der Waals surface area contributed by atoms with Gasteiger partial charge in [-0.3, -0.25) is 9.59 Å². The Morgan fingerprint density at radius 3 is 2.40 bits per heavy atom. The monoisotopic (exact) mass is 303 g/mol. The zero-order valence-corrected chi connectivity index (χ0v) is 12.8. The van der Waals surface area contributed by atoms with Crippen molar-refractivity contribution in [1.82, 2.24) is 16.0 Å². The molecule has 1 aliphatic heterocycles. The van der Waals surface area contributed by atoms with Gasteiger partial charge in [0.05, 0.1) is 6.54 Å². The van der Waals surface area contributed by atoms with Gasteiger partial charge in [-0.25, -0.2) is 0 Å². The number of amides is 2. The summed E-state index contributed by atoms with van der Waals surface area (Å²) in [6, 6.07) is 0.607. The van der Waals surface area contributed by atoms with Crippen LogP contribution in [0.1, 0.15) is 51.4 Å². The van der Waals surface area contributed by atoms with Gasteiger partial charge in [0.1, 0.15) is 0 Å². The predicted molar refractivity (Wildman–Crippen MR) is 80.9 cm³/mol. The molecule has 3 N–H and O–H groups in total. The maximum atomic E-state index is 11.7. The SMILES string of the molecule is Cl.O=C(CC1CCCN1)NCC(=O)NC1CCCCC1. The molecule has 0 aromatic heterocycles. The summed E-state index contributed by atoms with van der Waals surface area (Å²) in [6.07, 6.45) is 8.50. The van der Waals surface area contributed by atoms with E-state index in [1.54, 1.807) is 0 Å². The Balaban J connectivity index is 0.00000200. The van der Waals surface area contributed by atoms with Crippen molar-refractivity contribution >= 4 is 24.2 Å². The van der Waals surface area contributed by atoms with Gasteiger partial charge in [-0.2, -0.15) is 0 Å². The average molecular weight is 304 g/mol. The second-order valence-corrected chi connectivity index (χ2v) is 5.68. The zero-order valence-electron chi connectivity index (χ0n) is 12.0. The van der Waals surface area contributed by atoms with Gasteiger partial charge < -0.3 is 16.0 Å². The Hall–Kier alpha value is -0.810. The molecule has 1 heterocycles. The largest absolute Gasteiger partial charge is 0.352 e. The Morgan fingerprint density at radius 2 is 1.75 bits per heavy atom. The molecule has 1 aliphatic carbocycles. The minimum atomic E-state index is -0.0559. The van der Waals surface area contributed by atoms with Gasteiger partial charge in [-0.05, 0) is 32.2 Å². The van der Waals surface area contributed by atoms with Crippen LogP contribution in [0.2, 0.25) is 0 Å². The van der Waals surface area contributed by atoms with Crippen LogP contribution in [-0.2, 0) is 9.59 Å². The number of hydrogen-bond acceptors (Lipinski definition) is 3. The van der Waals surface area contributed by atoms with Crippen molar-refractivity contribution in [2.24, 2.45) is 0 Å². The van der Waals surface area contributed by atoms with Crippen LogP contribution in [0.15, 0.2) is 0 Å². The van der Waals surface area contributed by atoms with Crippen molar-refractivity contribution in [1.29, 1.82) is 0 Å². The van der Waals surface area contributed by atoms with E-state index in [9.17, 15) is 9.59 Å². The van der Waals surface area contributed by atoms with Gasteiger partial charge in [-0.1, -0.05) is 19.3 Å². The minimum absolute atomic E-state index is 0. The summed E-state index contributed by atoms with van der Waals surface area (Å²) in [5, 5.41) is 8.99. The van der Waals surface area contributed by atoms with E-state index >= 15 is 0 Å². The van der Waals surface area contributed by atoms with Gasteiger partial charge in [0.2, 0.25) is 11.8 Å². The van der Waals surface area contributed by atoms with Gasteiger partial charge >= 0.3 is 0 Å². The van der Waals surface area contributed by atoms with E-state index in [-0.39, 0.29) is 30.8 Å². The summed E-state index contributed by atoms with van der Waals surface area (Å²) in [6.45, 7) is 1.11. The average Bonchev–Trinajstić information content (AvgIpc) is 2.90. The first kappa shape index (κ1) is 17.2. The molecule has 0 aromatic rings. The summed E-state index contributed by atoms with van der Waals surface area (Å²) in [5.74, 6) is -0.0853. The maximum Gasteiger partial charge on any atom is 0.239 e. The van der Waals surface area contributed by atoms with Crippen molar-refractivity contribution in [3.05, 3.63) is 0 Å². The molecule has 116 valence electrons. The number of carbonyl (C=O) groups excluding carboxylic acids is 2. The van der Waals surface area contributed by atoms with Crippen molar-refractivity contribution in [3.63, 3.8) is 0 Å². The highest BCUT2D eigenvalue weighted by Crippen LogP contribution is 2.17. The normalized spacial score (nSPS) is 22.9. The number of halogens is 1. The van der Waals surface area contributed by atoms with Crippen molar-refractivity contribution < 1.29 is 9.59 Å². The molecule has 0 aromatic carbocycles. The molecule has 5 nitrogen and oxygen atoms in total. The summed E-state index contributed by atoms with van der Waals surface area (Å²) < 4.78 is 0. The third-order valence-corrected chi connectivity index (χ3v) is 4.01. The number of nitrogens with one attached hydrogen (secondary N) is 3. The Kier molecular flexibility index (Phi) is 7.92. The smallest absolute Gasteiger partial charge is 0.239 e. The molecule has 0 spiro atoms. The lowest BCUT2D eigenvalue weighted by atomic mass is 9.95. The quantitative estimate of drug-likeness (QED) is 0.713. The van der Waals surface area contributed by atoms with Crippen LogP contribution in [0, 0.1) is 0 Å². The summed E-state index contributed by atoms with van der Waals surface area (Å²) >= 11 is 0. The molecule has 2 amide bonds. The second-order valence-electron chi connectivity index (χ2n) is 5.68. The van der Waals surface area contributed by atoms with Gasteiger partial charge in [0.15, 0.2) is 0 Å². The maximum absolute atomic E-state index is 11.7. The molecule has 1 unspecified atom stereocenters. The standard InChI is InChI=1S/C14H25N3O2.ClH/c18-13(9-12-7-4-8-15-12)16-10-14(19)17-11-5-2-1-3-6-11;/h11-12,15H,1-10H2,(H,16,18)(H,17,19);1H. The molecule has 0 radical (unpaired) electrons. The van der Waals surface area contributed by atoms with Crippen molar-refractivity contribution in [3.8, 4) is 0 Å². The predicted octanol–water partition coefficient (Wildman–Crippen LogP) is 1.12. The van der Waals surface area contributed by atoms with E-state index in [2.05, 4.69) is 16.0 Å². The van der Waals surface area contributed by atoms with E-state index in [1.807, 2.05) is 0 Å². The topological polar surface area (TPSA) is 70.2 Å². The van der Waals surface area contributed by atoms with Crippen LogP contribution in [-0.4, -0.2) is 37.0 Å². The van der Waals surface area contributed by atoms with E-state index in [1.165, 1.54) is 19.3 Å². The van der Waals surface area contributed by atoms with E-state index in [4.69, 9.17) is 0 Å². The third kappa shape index (κ3) is 6.09. The highest BCUT2D eigenvalue weighted by molar-refractivity contribution is 5.85. The van der Waals surface area contributed by atoms with Crippen LogP contribution in [0.3, 0.4) is 0 Å².